The Morgan fingerprint density at radius 3 is 2.21 bits per heavy atom. The first-order chi connectivity index (χ1) is 8.61. The van der Waals surface area contributed by atoms with Gasteiger partial charge in [0, 0.05) is 18.7 Å². The first-order valence-corrected chi connectivity index (χ1v) is 10.6. The van der Waals surface area contributed by atoms with Crippen LogP contribution in [0, 0.1) is 0 Å². The molecule has 0 aromatic rings. The summed E-state index contributed by atoms with van der Waals surface area (Å²) in [7, 11) is -1.67. The fourth-order valence-corrected chi connectivity index (χ4v) is 4.19. The van der Waals surface area contributed by atoms with Crippen molar-refractivity contribution < 1.29 is 9.53 Å². The van der Waals surface area contributed by atoms with Gasteiger partial charge in [-0.05, 0) is 50.2 Å². The van der Waals surface area contributed by atoms with E-state index >= 15 is 0 Å². The molecule has 2 bridgehead atoms. The zero-order chi connectivity index (χ0) is 14.3. The lowest BCUT2D eigenvalue weighted by Crippen LogP contribution is -2.49. The van der Waals surface area contributed by atoms with Gasteiger partial charge in [0.25, 0.3) is 0 Å². The topological polar surface area (TPSA) is 41.5 Å². The predicted molar refractivity (Wildman–Crippen MR) is 81.9 cm³/mol. The highest BCUT2D eigenvalue weighted by molar-refractivity contribution is 6.74. The van der Waals surface area contributed by atoms with Gasteiger partial charge in [-0.15, -0.1) is 0 Å². The van der Waals surface area contributed by atoms with Crippen LogP contribution in [-0.4, -0.2) is 37.7 Å². The molecule has 2 heterocycles. The van der Waals surface area contributed by atoms with E-state index in [0.717, 1.165) is 19.3 Å². The van der Waals surface area contributed by atoms with E-state index in [0.29, 0.717) is 18.7 Å². The SMILES string of the molecule is CC(C)(C)[Si](C)(C)OCCC1(O)CC2CCC(C1)N2. The monoisotopic (exact) mass is 285 g/mol. The number of hydrogen-bond donors (Lipinski definition) is 2. The van der Waals surface area contributed by atoms with Crippen LogP contribution in [0.2, 0.25) is 18.1 Å². The minimum absolute atomic E-state index is 0.253. The second-order valence-corrected chi connectivity index (χ2v) is 12.9. The van der Waals surface area contributed by atoms with Crippen molar-refractivity contribution in [1.29, 1.82) is 0 Å². The van der Waals surface area contributed by atoms with Crippen LogP contribution < -0.4 is 5.32 Å². The zero-order valence-electron chi connectivity index (χ0n) is 13.3. The van der Waals surface area contributed by atoms with Crippen LogP contribution in [0.1, 0.15) is 52.9 Å². The highest BCUT2D eigenvalue weighted by Gasteiger charge is 2.43. The third kappa shape index (κ3) is 3.60. The molecule has 2 aliphatic heterocycles. The van der Waals surface area contributed by atoms with Gasteiger partial charge in [-0.25, -0.2) is 0 Å². The van der Waals surface area contributed by atoms with Crippen molar-refractivity contribution in [3.63, 3.8) is 0 Å². The van der Waals surface area contributed by atoms with Gasteiger partial charge in [-0.3, -0.25) is 0 Å². The van der Waals surface area contributed by atoms with Crippen molar-refractivity contribution in [3.05, 3.63) is 0 Å². The molecule has 0 amide bonds. The second kappa shape index (κ2) is 5.13. The number of nitrogens with one attached hydrogen (secondary N) is 1. The van der Waals surface area contributed by atoms with Crippen molar-refractivity contribution in [2.45, 2.75) is 88.7 Å². The standard InChI is InChI=1S/C15H31NO2Si/c1-14(2,3)19(4,5)18-9-8-15(17)10-12-6-7-13(11-15)16-12/h12-13,16-17H,6-11H2,1-5H3. The first kappa shape index (κ1) is 15.5. The maximum atomic E-state index is 10.7. The Morgan fingerprint density at radius 1 is 1.21 bits per heavy atom. The largest absolute Gasteiger partial charge is 0.417 e. The van der Waals surface area contributed by atoms with E-state index in [1.807, 2.05) is 0 Å². The summed E-state index contributed by atoms with van der Waals surface area (Å²) in [6.07, 6.45) is 5.08. The lowest BCUT2D eigenvalue weighted by atomic mass is 9.85. The van der Waals surface area contributed by atoms with Gasteiger partial charge in [-0.2, -0.15) is 0 Å². The van der Waals surface area contributed by atoms with Crippen molar-refractivity contribution in [2.24, 2.45) is 0 Å². The van der Waals surface area contributed by atoms with Crippen LogP contribution in [0.15, 0.2) is 0 Å². The fourth-order valence-electron chi connectivity index (χ4n) is 3.14. The van der Waals surface area contributed by atoms with Crippen LogP contribution in [0.25, 0.3) is 0 Å². The third-order valence-corrected chi connectivity index (χ3v) is 9.96. The van der Waals surface area contributed by atoms with Crippen LogP contribution in [-0.2, 0) is 4.43 Å². The second-order valence-electron chi connectivity index (χ2n) is 8.13. The quantitative estimate of drug-likeness (QED) is 0.780. The van der Waals surface area contributed by atoms with Crippen LogP contribution >= 0.6 is 0 Å². The van der Waals surface area contributed by atoms with E-state index in [1.54, 1.807) is 0 Å². The molecule has 2 aliphatic rings. The summed E-state index contributed by atoms with van der Waals surface area (Å²) >= 11 is 0. The van der Waals surface area contributed by atoms with Gasteiger partial charge in [0.2, 0.25) is 0 Å². The Balaban J connectivity index is 1.82. The number of fused-ring (bicyclic) bond motifs is 2. The molecule has 19 heavy (non-hydrogen) atoms. The van der Waals surface area contributed by atoms with E-state index < -0.39 is 13.9 Å². The zero-order valence-corrected chi connectivity index (χ0v) is 14.3. The average molecular weight is 286 g/mol. The Morgan fingerprint density at radius 2 is 1.74 bits per heavy atom. The van der Waals surface area contributed by atoms with Crippen LogP contribution in [0.4, 0.5) is 0 Å². The maximum absolute atomic E-state index is 10.7. The van der Waals surface area contributed by atoms with Crippen molar-refractivity contribution in [1.82, 2.24) is 5.32 Å². The van der Waals surface area contributed by atoms with Crippen LogP contribution in [0.5, 0.6) is 0 Å². The molecule has 0 aromatic carbocycles. The van der Waals surface area contributed by atoms with Crippen molar-refractivity contribution in [3.8, 4) is 0 Å². The molecular formula is C15H31NO2Si. The number of hydrogen-bond acceptors (Lipinski definition) is 3. The third-order valence-electron chi connectivity index (χ3n) is 5.42. The summed E-state index contributed by atoms with van der Waals surface area (Å²) in [6.45, 7) is 12.1. The first-order valence-electron chi connectivity index (χ1n) is 7.74. The summed E-state index contributed by atoms with van der Waals surface area (Å²) < 4.78 is 6.21. The molecule has 2 saturated heterocycles. The van der Waals surface area contributed by atoms with Gasteiger partial charge < -0.3 is 14.8 Å². The van der Waals surface area contributed by atoms with E-state index in [2.05, 4.69) is 39.2 Å². The summed E-state index contributed by atoms with van der Waals surface area (Å²) in [4.78, 5) is 0. The van der Waals surface area contributed by atoms with Gasteiger partial charge >= 0.3 is 0 Å². The van der Waals surface area contributed by atoms with Crippen molar-refractivity contribution >= 4 is 8.32 Å². The molecular weight excluding hydrogens is 254 g/mol. The Bertz CT molecular complexity index is 313. The van der Waals surface area contributed by atoms with Crippen LogP contribution in [0.3, 0.4) is 0 Å². The lowest BCUT2D eigenvalue weighted by molar-refractivity contribution is -0.0240. The van der Waals surface area contributed by atoms with Gasteiger partial charge in [0.15, 0.2) is 8.32 Å². The van der Waals surface area contributed by atoms with E-state index in [-0.39, 0.29) is 5.04 Å². The molecule has 2 fully saturated rings. The number of aliphatic hydroxyl groups is 1. The fraction of sp³-hybridized carbons (Fsp3) is 1.00. The molecule has 3 nitrogen and oxygen atoms in total. The highest BCUT2D eigenvalue weighted by atomic mass is 28.4. The van der Waals surface area contributed by atoms with E-state index in [1.165, 1.54) is 12.8 Å². The maximum Gasteiger partial charge on any atom is 0.191 e. The highest BCUT2D eigenvalue weighted by Crippen LogP contribution is 2.39. The molecule has 2 unspecified atom stereocenters. The van der Waals surface area contributed by atoms with Crippen molar-refractivity contribution in [2.75, 3.05) is 6.61 Å². The molecule has 0 aromatic heterocycles. The lowest BCUT2D eigenvalue weighted by Gasteiger charge is -2.40. The molecule has 0 saturated carbocycles. The van der Waals surface area contributed by atoms with Gasteiger partial charge in [0.1, 0.15) is 0 Å². The summed E-state index contributed by atoms with van der Waals surface area (Å²) in [5.41, 5.74) is -0.487. The average Bonchev–Trinajstić information content (AvgIpc) is 2.56. The smallest absolute Gasteiger partial charge is 0.191 e. The Kier molecular flexibility index (Phi) is 4.18. The predicted octanol–water partition coefficient (Wildman–Crippen LogP) is 3.04. The molecule has 2 rings (SSSR count). The van der Waals surface area contributed by atoms with Gasteiger partial charge in [0.05, 0.1) is 5.60 Å². The molecule has 0 spiro atoms. The molecule has 4 heteroatoms. The Hall–Kier alpha value is 0.0969. The summed E-state index contributed by atoms with van der Waals surface area (Å²) in [5.74, 6) is 0. The molecule has 2 N–H and O–H groups in total. The van der Waals surface area contributed by atoms with E-state index in [9.17, 15) is 5.11 Å². The molecule has 112 valence electrons. The summed E-state index contributed by atoms with van der Waals surface area (Å²) in [6, 6.07) is 1.08. The minimum Gasteiger partial charge on any atom is -0.417 e. The molecule has 0 radical (unpaired) electrons. The van der Waals surface area contributed by atoms with E-state index in [4.69, 9.17) is 4.43 Å². The number of rotatable bonds is 4. The number of piperidine rings is 1. The minimum atomic E-state index is -1.67. The molecule has 0 aliphatic carbocycles. The normalized spacial score (nSPS) is 35.7. The Labute approximate surface area is 119 Å². The van der Waals surface area contributed by atoms with Gasteiger partial charge in [-0.1, -0.05) is 20.8 Å². The summed E-state index contributed by atoms with van der Waals surface area (Å²) in [5, 5.41) is 14.6. The molecule has 2 atom stereocenters.